The summed E-state index contributed by atoms with van der Waals surface area (Å²) < 4.78 is 18.8. The van der Waals surface area contributed by atoms with Gasteiger partial charge in [-0.25, -0.2) is 4.39 Å². The third-order valence-electron chi connectivity index (χ3n) is 2.85. The minimum atomic E-state index is -0.839. The number of nitro groups is 1. The van der Waals surface area contributed by atoms with Gasteiger partial charge in [0.25, 0.3) is 0 Å². The molecule has 0 saturated heterocycles. The predicted octanol–water partition coefficient (Wildman–Crippen LogP) is 2.78. The number of nitrogens with zero attached hydrogens (tertiary/aromatic N) is 2. The van der Waals surface area contributed by atoms with Crippen molar-refractivity contribution in [3.63, 3.8) is 0 Å². The molecule has 0 saturated carbocycles. The number of rotatable bonds is 7. The van der Waals surface area contributed by atoms with Crippen molar-refractivity contribution in [1.82, 2.24) is 5.32 Å². The molecule has 114 valence electrons. The molecule has 0 spiro atoms. The van der Waals surface area contributed by atoms with Crippen LogP contribution in [0.1, 0.15) is 27.2 Å². The molecule has 0 aliphatic heterocycles. The third kappa shape index (κ3) is 4.68. The second kappa shape index (κ2) is 6.99. The molecule has 1 N–H and O–H groups in total. The fourth-order valence-electron chi connectivity index (χ4n) is 1.94. The number of nitro benzene ring substituents is 1. The quantitative estimate of drug-likeness (QED) is 0.617. The normalized spacial score (nSPS) is 13.5. The number of benzene rings is 1. The van der Waals surface area contributed by atoms with Gasteiger partial charge in [0, 0.05) is 18.5 Å². The van der Waals surface area contributed by atoms with E-state index in [1.165, 1.54) is 12.1 Å². The lowest BCUT2D eigenvalue weighted by Crippen LogP contribution is -2.45. The Bertz CT molecular complexity index is 557. The van der Waals surface area contributed by atoms with E-state index < -0.39 is 27.7 Å². The standard InChI is InChI=1S/C14H18FN3O3/c1-10(2)17-14(3,9-16)7-8-21-13-11(15)5-4-6-12(13)18(19)20/h4-6,10,17H,7-8H2,1-3H3. The second-order valence-corrected chi connectivity index (χ2v) is 5.19. The minimum absolute atomic E-state index is 0.00838. The molecule has 0 aromatic heterocycles. The highest BCUT2D eigenvalue weighted by atomic mass is 19.1. The molecule has 7 heteroatoms. The molecule has 21 heavy (non-hydrogen) atoms. The Kier molecular flexibility index (Phi) is 5.61. The highest BCUT2D eigenvalue weighted by Crippen LogP contribution is 2.30. The van der Waals surface area contributed by atoms with Crippen LogP contribution in [0.3, 0.4) is 0 Å². The SMILES string of the molecule is CC(C)NC(C)(C#N)CCOc1c(F)cccc1[N+](=O)[O-]. The fraction of sp³-hybridized carbons (Fsp3) is 0.500. The van der Waals surface area contributed by atoms with Crippen molar-refractivity contribution in [1.29, 1.82) is 5.26 Å². The smallest absolute Gasteiger partial charge is 0.314 e. The first-order chi connectivity index (χ1) is 9.79. The molecular weight excluding hydrogens is 277 g/mol. The molecule has 0 aliphatic carbocycles. The summed E-state index contributed by atoms with van der Waals surface area (Å²) >= 11 is 0. The summed E-state index contributed by atoms with van der Waals surface area (Å²) in [5.41, 5.74) is -1.26. The van der Waals surface area contributed by atoms with Crippen molar-refractivity contribution in [2.75, 3.05) is 6.61 Å². The van der Waals surface area contributed by atoms with Crippen LogP contribution >= 0.6 is 0 Å². The molecule has 0 aliphatic rings. The number of nitriles is 1. The Morgan fingerprint density at radius 1 is 1.57 bits per heavy atom. The number of para-hydroxylation sites is 1. The van der Waals surface area contributed by atoms with E-state index in [0.717, 1.165) is 6.07 Å². The monoisotopic (exact) mass is 295 g/mol. The Labute approximate surface area is 122 Å². The van der Waals surface area contributed by atoms with Gasteiger partial charge >= 0.3 is 5.69 Å². The van der Waals surface area contributed by atoms with E-state index in [1.807, 2.05) is 13.8 Å². The predicted molar refractivity (Wildman–Crippen MR) is 75.5 cm³/mol. The van der Waals surface area contributed by atoms with Crippen LogP contribution in [0, 0.1) is 27.3 Å². The molecule has 1 atom stereocenters. The summed E-state index contributed by atoms with van der Waals surface area (Å²) in [5, 5.41) is 23.1. The summed E-state index contributed by atoms with van der Waals surface area (Å²) in [6, 6.07) is 5.74. The number of nitrogens with one attached hydrogen (secondary N) is 1. The highest BCUT2D eigenvalue weighted by molar-refractivity contribution is 5.46. The lowest BCUT2D eigenvalue weighted by Gasteiger charge is -2.25. The van der Waals surface area contributed by atoms with Crippen LogP contribution in [0.2, 0.25) is 0 Å². The Morgan fingerprint density at radius 3 is 2.76 bits per heavy atom. The van der Waals surface area contributed by atoms with Gasteiger partial charge < -0.3 is 4.74 Å². The average molecular weight is 295 g/mol. The molecule has 0 heterocycles. The Balaban J connectivity index is 2.77. The van der Waals surface area contributed by atoms with E-state index in [0.29, 0.717) is 0 Å². The zero-order valence-corrected chi connectivity index (χ0v) is 12.2. The molecule has 0 fully saturated rings. The van der Waals surface area contributed by atoms with E-state index in [-0.39, 0.29) is 19.1 Å². The Hall–Kier alpha value is -2.20. The molecule has 1 unspecified atom stereocenters. The van der Waals surface area contributed by atoms with Gasteiger partial charge in [-0.15, -0.1) is 0 Å². The van der Waals surface area contributed by atoms with Gasteiger partial charge in [0.15, 0.2) is 5.82 Å². The van der Waals surface area contributed by atoms with E-state index in [2.05, 4.69) is 11.4 Å². The van der Waals surface area contributed by atoms with E-state index in [4.69, 9.17) is 4.74 Å². The van der Waals surface area contributed by atoms with Crippen LogP contribution in [0.5, 0.6) is 5.75 Å². The number of halogens is 1. The second-order valence-electron chi connectivity index (χ2n) is 5.19. The molecule has 0 amide bonds. The van der Waals surface area contributed by atoms with E-state index in [1.54, 1.807) is 6.92 Å². The van der Waals surface area contributed by atoms with E-state index >= 15 is 0 Å². The minimum Gasteiger partial charge on any atom is -0.485 e. The van der Waals surface area contributed by atoms with Crippen LogP contribution < -0.4 is 10.1 Å². The summed E-state index contributed by atoms with van der Waals surface area (Å²) in [6.07, 6.45) is 0.271. The van der Waals surface area contributed by atoms with Gasteiger partial charge in [-0.05, 0) is 26.8 Å². The van der Waals surface area contributed by atoms with Crippen LogP contribution in [0.4, 0.5) is 10.1 Å². The molecule has 1 rings (SSSR count). The van der Waals surface area contributed by atoms with Gasteiger partial charge in [-0.2, -0.15) is 5.26 Å². The lowest BCUT2D eigenvalue weighted by atomic mass is 9.99. The van der Waals surface area contributed by atoms with Crippen molar-refractivity contribution in [3.05, 3.63) is 34.1 Å². The lowest BCUT2D eigenvalue weighted by molar-refractivity contribution is -0.386. The Morgan fingerprint density at radius 2 is 2.24 bits per heavy atom. The first-order valence-corrected chi connectivity index (χ1v) is 6.54. The van der Waals surface area contributed by atoms with E-state index in [9.17, 15) is 19.8 Å². The molecule has 1 aromatic carbocycles. The van der Waals surface area contributed by atoms with Gasteiger partial charge in [0.1, 0.15) is 5.54 Å². The fourth-order valence-corrected chi connectivity index (χ4v) is 1.94. The molecular formula is C14H18FN3O3. The number of hydrogen-bond acceptors (Lipinski definition) is 5. The highest BCUT2D eigenvalue weighted by Gasteiger charge is 2.26. The molecule has 0 bridgehead atoms. The zero-order valence-electron chi connectivity index (χ0n) is 12.2. The first kappa shape index (κ1) is 16.9. The van der Waals surface area contributed by atoms with Crippen molar-refractivity contribution in [3.8, 4) is 11.8 Å². The number of hydrogen-bond donors (Lipinski definition) is 1. The van der Waals surface area contributed by atoms with Crippen molar-refractivity contribution in [2.45, 2.75) is 38.8 Å². The largest absolute Gasteiger partial charge is 0.485 e. The molecule has 1 aromatic rings. The maximum Gasteiger partial charge on any atom is 0.314 e. The van der Waals surface area contributed by atoms with Crippen LogP contribution in [0.25, 0.3) is 0 Å². The maximum absolute atomic E-state index is 13.6. The third-order valence-corrected chi connectivity index (χ3v) is 2.85. The summed E-state index contributed by atoms with van der Waals surface area (Å²) in [7, 11) is 0. The first-order valence-electron chi connectivity index (χ1n) is 6.54. The van der Waals surface area contributed by atoms with Crippen molar-refractivity contribution in [2.24, 2.45) is 0 Å². The van der Waals surface area contributed by atoms with Crippen molar-refractivity contribution >= 4 is 5.69 Å². The average Bonchev–Trinajstić information content (AvgIpc) is 2.39. The van der Waals surface area contributed by atoms with Crippen LogP contribution in [-0.2, 0) is 0 Å². The van der Waals surface area contributed by atoms with Gasteiger partial charge in [-0.1, -0.05) is 6.07 Å². The molecule has 6 nitrogen and oxygen atoms in total. The summed E-state index contributed by atoms with van der Waals surface area (Å²) in [4.78, 5) is 10.1. The number of ether oxygens (including phenoxy) is 1. The van der Waals surface area contributed by atoms with Gasteiger partial charge in [-0.3, -0.25) is 15.4 Å². The summed E-state index contributed by atoms with van der Waals surface area (Å²) in [5.74, 6) is -1.19. The van der Waals surface area contributed by atoms with Crippen molar-refractivity contribution < 1.29 is 14.1 Å². The van der Waals surface area contributed by atoms with Crippen LogP contribution in [0.15, 0.2) is 18.2 Å². The van der Waals surface area contributed by atoms with Gasteiger partial charge in [0.05, 0.1) is 17.6 Å². The topological polar surface area (TPSA) is 88.2 Å². The summed E-state index contributed by atoms with van der Waals surface area (Å²) in [6.45, 7) is 5.49. The molecule has 0 radical (unpaired) electrons. The van der Waals surface area contributed by atoms with Gasteiger partial charge in [0.2, 0.25) is 5.75 Å². The zero-order chi connectivity index (χ0) is 16.0. The van der Waals surface area contributed by atoms with Crippen LogP contribution in [-0.4, -0.2) is 23.1 Å². The maximum atomic E-state index is 13.6.